The number of likely N-dealkylation sites (tertiary alicyclic amines) is 1. The molecule has 1 aromatic heterocycles. The van der Waals surface area contributed by atoms with Crippen molar-refractivity contribution >= 4 is 5.91 Å². The number of pyridine rings is 1. The van der Waals surface area contributed by atoms with Gasteiger partial charge in [0.25, 0.3) is 5.91 Å². The normalized spacial score (nSPS) is 17.8. The summed E-state index contributed by atoms with van der Waals surface area (Å²) in [6.07, 6.45) is 6.05. The number of carbonyl (C=O) groups is 1. The molecule has 1 atom stereocenters. The Morgan fingerprint density at radius 1 is 1.27 bits per heavy atom. The number of nitrogens with two attached hydrogens (primary N) is 1. The van der Waals surface area contributed by atoms with Crippen LogP contribution in [0, 0.1) is 0 Å². The van der Waals surface area contributed by atoms with Crippen LogP contribution in [0.15, 0.2) is 48.8 Å². The van der Waals surface area contributed by atoms with Gasteiger partial charge in [0.2, 0.25) is 0 Å². The van der Waals surface area contributed by atoms with Gasteiger partial charge in [-0.15, -0.1) is 0 Å². The number of amides is 1. The number of carbonyl (C=O) groups excluding carboxylic acids is 1. The van der Waals surface area contributed by atoms with Crippen molar-refractivity contribution in [3.8, 4) is 5.75 Å². The highest BCUT2D eigenvalue weighted by Crippen LogP contribution is 2.19. The smallest absolute Gasteiger partial charge is 0.255 e. The lowest BCUT2D eigenvalue weighted by Gasteiger charge is -2.32. The minimum Gasteiger partial charge on any atom is -0.484 e. The molecule has 1 fully saturated rings. The fourth-order valence-electron chi connectivity index (χ4n) is 3.14. The number of nitrogens with zero attached hydrogens (tertiary/aromatic N) is 2. The van der Waals surface area contributed by atoms with Crippen LogP contribution in [0.2, 0.25) is 0 Å². The molecule has 6 nitrogen and oxygen atoms in total. The zero-order valence-electron chi connectivity index (χ0n) is 14.8. The average Bonchev–Trinajstić information content (AvgIpc) is 2.66. The van der Waals surface area contributed by atoms with Crippen LogP contribution in [0.1, 0.15) is 24.0 Å². The molecule has 1 saturated heterocycles. The molecule has 3 rings (SSSR count). The minimum absolute atomic E-state index is 0.0998. The van der Waals surface area contributed by atoms with Crippen molar-refractivity contribution in [1.82, 2.24) is 9.88 Å². The molecule has 0 spiro atoms. The van der Waals surface area contributed by atoms with E-state index in [0.29, 0.717) is 12.4 Å². The van der Waals surface area contributed by atoms with Crippen LogP contribution in [0.4, 0.5) is 0 Å². The summed E-state index contributed by atoms with van der Waals surface area (Å²) in [5.74, 6) is 0.197. The van der Waals surface area contributed by atoms with E-state index in [9.17, 15) is 4.79 Å². The van der Waals surface area contributed by atoms with Gasteiger partial charge in [-0.25, -0.2) is 0 Å². The molecule has 6 heteroatoms. The van der Waals surface area contributed by atoms with E-state index in [1.165, 1.54) is 0 Å². The summed E-state index contributed by atoms with van der Waals surface area (Å²) in [4.78, 5) is 17.4. The summed E-state index contributed by atoms with van der Waals surface area (Å²) in [5, 5.41) is 0. The third-order valence-electron chi connectivity index (χ3n) is 4.36. The van der Waals surface area contributed by atoms with Gasteiger partial charge < -0.3 is 15.2 Å². The average molecular weight is 355 g/mol. The Morgan fingerprint density at radius 3 is 2.96 bits per heavy atom. The van der Waals surface area contributed by atoms with Gasteiger partial charge in [0.15, 0.2) is 6.61 Å². The molecule has 0 bridgehead atoms. The van der Waals surface area contributed by atoms with E-state index in [1.54, 1.807) is 6.20 Å². The Balaban J connectivity index is 1.50. The van der Waals surface area contributed by atoms with Gasteiger partial charge >= 0.3 is 0 Å². The second-order valence-electron chi connectivity index (χ2n) is 6.57. The Morgan fingerprint density at radius 2 is 2.15 bits per heavy atom. The number of rotatable bonds is 8. The van der Waals surface area contributed by atoms with Crippen LogP contribution in [-0.2, 0) is 22.7 Å². The highest BCUT2D eigenvalue weighted by atomic mass is 16.5. The van der Waals surface area contributed by atoms with Crippen molar-refractivity contribution in [2.24, 2.45) is 5.73 Å². The van der Waals surface area contributed by atoms with Gasteiger partial charge in [-0.3, -0.25) is 14.7 Å². The predicted molar refractivity (Wildman–Crippen MR) is 98.5 cm³/mol. The molecule has 1 aliphatic heterocycles. The van der Waals surface area contributed by atoms with Crippen molar-refractivity contribution in [3.05, 3.63) is 59.9 Å². The maximum absolute atomic E-state index is 10.8. The molecule has 26 heavy (non-hydrogen) atoms. The molecule has 0 unspecified atom stereocenters. The zero-order chi connectivity index (χ0) is 18.2. The third-order valence-corrected chi connectivity index (χ3v) is 4.36. The molecule has 1 amide bonds. The third kappa shape index (κ3) is 5.82. The second kappa shape index (κ2) is 9.31. The Kier molecular flexibility index (Phi) is 6.57. The lowest BCUT2D eigenvalue weighted by molar-refractivity contribution is -0.119. The van der Waals surface area contributed by atoms with E-state index >= 15 is 0 Å². The monoisotopic (exact) mass is 355 g/mol. The van der Waals surface area contributed by atoms with Gasteiger partial charge in [-0.1, -0.05) is 18.2 Å². The first-order valence-electron chi connectivity index (χ1n) is 8.92. The molecule has 2 aromatic rings. The molecule has 138 valence electrons. The number of benzene rings is 1. The fourth-order valence-corrected chi connectivity index (χ4v) is 3.14. The van der Waals surface area contributed by atoms with Gasteiger partial charge in [-0.05, 0) is 48.7 Å². The number of ether oxygens (including phenoxy) is 2. The largest absolute Gasteiger partial charge is 0.484 e. The van der Waals surface area contributed by atoms with Crippen molar-refractivity contribution < 1.29 is 14.3 Å². The maximum atomic E-state index is 10.8. The highest BCUT2D eigenvalue weighted by molar-refractivity contribution is 5.75. The molecule has 2 N–H and O–H groups in total. The van der Waals surface area contributed by atoms with Crippen molar-refractivity contribution in [2.75, 3.05) is 19.7 Å². The molecular weight excluding hydrogens is 330 g/mol. The Labute approximate surface area is 153 Å². The lowest BCUT2D eigenvalue weighted by Crippen LogP contribution is -2.39. The summed E-state index contributed by atoms with van der Waals surface area (Å²) in [6.45, 7) is 3.30. The van der Waals surface area contributed by atoms with E-state index in [1.807, 2.05) is 36.5 Å². The first-order valence-corrected chi connectivity index (χ1v) is 8.92. The van der Waals surface area contributed by atoms with E-state index in [2.05, 4.69) is 16.0 Å². The summed E-state index contributed by atoms with van der Waals surface area (Å²) in [5.41, 5.74) is 7.38. The second-order valence-corrected chi connectivity index (χ2v) is 6.57. The SMILES string of the molecule is NC(=O)COc1cccc(CN2CCC[C@H](OCc3cccnc3)C2)c1. The summed E-state index contributed by atoms with van der Waals surface area (Å²) < 4.78 is 11.5. The molecule has 2 heterocycles. The topological polar surface area (TPSA) is 77.7 Å². The fraction of sp³-hybridized carbons (Fsp3) is 0.400. The molecule has 1 aliphatic rings. The van der Waals surface area contributed by atoms with E-state index in [0.717, 1.165) is 43.6 Å². The van der Waals surface area contributed by atoms with Crippen molar-refractivity contribution in [2.45, 2.75) is 32.1 Å². The first-order chi connectivity index (χ1) is 12.7. The van der Waals surface area contributed by atoms with Gasteiger partial charge in [-0.2, -0.15) is 0 Å². The van der Waals surface area contributed by atoms with Crippen LogP contribution in [0.5, 0.6) is 5.75 Å². The summed E-state index contributed by atoms with van der Waals surface area (Å²) >= 11 is 0. The van der Waals surface area contributed by atoms with Crippen LogP contribution in [0.25, 0.3) is 0 Å². The minimum atomic E-state index is -0.472. The van der Waals surface area contributed by atoms with Gasteiger partial charge in [0.1, 0.15) is 5.75 Å². The van der Waals surface area contributed by atoms with E-state index in [4.69, 9.17) is 15.2 Å². The van der Waals surface area contributed by atoms with E-state index in [-0.39, 0.29) is 12.7 Å². The van der Waals surface area contributed by atoms with Crippen LogP contribution in [-0.4, -0.2) is 41.6 Å². The van der Waals surface area contributed by atoms with Crippen molar-refractivity contribution in [1.29, 1.82) is 0 Å². The predicted octanol–water partition coefficient (Wildman–Crippen LogP) is 2.13. The number of piperidine rings is 1. The van der Waals surface area contributed by atoms with Crippen LogP contribution in [0.3, 0.4) is 0 Å². The van der Waals surface area contributed by atoms with Crippen LogP contribution < -0.4 is 10.5 Å². The molecule has 0 aliphatic carbocycles. The lowest BCUT2D eigenvalue weighted by atomic mass is 10.1. The zero-order valence-corrected chi connectivity index (χ0v) is 14.8. The molecule has 0 saturated carbocycles. The quantitative estimate of drug-likeness (QED) is 0.785. The first kappa shape index (κ1) is 18.4. The van der Waals surface area contributed by atoms with Crippen molar-refractivity contribution in [3.63, 3.8) is 0 Å². The van der Waals surface area contributed by atoms with E-state index < -0.39 is 5.91 Å². The summed E-state index contributed by atoms with van der Waals surface area (Å²) in [7, 11) is 0. The standard InChI is InChI=1S/C20H25N3O3/c21-20(24)15-26-18-6-1-4-16(10-18)12-23-9-3-7-19(13-23)25-14-17-5-2-8-22-11-17/h1-2,4-6,8,10-11,19H,3,7,9,12-15H2,(H2,21,24)/t19-/m0/s1. The summed E-state index contributed by atoms with van der Waals surface area (Å²) in [6, 6.07) is 11.8. The number of hydrogen-bond acceptors (Lipinski definition) is 5. The number of hydrogen-bond donors (Lipinski definition) is 1. The maximum Gasteiger partial charge on any atom is 0.255 e. The Hall–Kier alpha value is -2.44. The molecule has 1 aromatic carbocycles. The Bertz CT molecular complexity index is 708. The van der Waals surface area contributed by atoms with Gasteiger partial charge in [0, 0.05) is 25.5 Å². The van der Waals surface area contributed by atoms with Gasteiger partial charge in [0.05, 0.1) is 12.7 Å². The number of primary amides is 1. The highest BCUT2D eigenvalue weighted by Gasteiger charge is 2.20. The molecule has 0 radical (unpaired) electrons. The number of aromatic nitrogens is 1. The van der Waals surface area contributed by atoms with Crippen LogP contribution >= 0.6 is 0 Å². The molecular formula is C20H25N3O3.